The van der Waals surface area contributed by atoms with Crippen molar-refractivity contribution in [3.05, 3.63) is 35.4 Å². The fourth-order valence-electron chi connectivity index (χ4n) is 2.52. The predicted octanol–water partition coefficient (Wildman–Crippen LogP) is 1.51. The molecule has 0 aromatic heterocycles. The van der Waals surface area contributed by atoms with Gasteiger partial charge in [-0.1, -0.05) is 12.1 Å². The van der Waals surface area contributed by atoms with Crippen molar-refractivity contribution >= 4 is 11.9 Å². The van der Waals surface area contributed by atoms with Gasteiger partial charge in [0.15, 0.2) is 0 Å². The summed E-state index contributed by atoms with van der Waals surface area (Å²) in [6.45, 7) is 1.19. The molecule has 5 nitrogen and oxygen atoms in total. The Bertz CT molecular complexity index is 475. The number of likely N-dealkylation sites (tertiary alicyclic amines) is 1. The lowest BCUT2D eigenvalue weighted by Crippen LogP contribution is -2.38. The van der Waals surface area contributed by atoms with E-state index in [1.165, 1.54) is 0 Å². The number of nitrogens with zero attached hydrogens (tertiary/aromatic N) is 1. The van der Waals surface area contributed by atoms with Gasteiger partial charge in [-0.3, -0.25) is 9.59 Å². The number of aliphatic hydroxyl groups excluding tert-OH is 1. The van der Waals surface area contributed by atoms with E-state index in [9.17, 15) is 9.59 Å². The van der Waals surface area contributed by atoms with Crippen molar-refractivity contribution in [3.63, 3.8) is 0 Å². The Labute approximate surface area is 117 Å². The molecule has 2 rings (SSSR count). The van der Waals surface area contributed by atoms with Crippen LogP contribution in [0.15, 0.2) is 24.3 Å². The molecule has 1 aromatic rings. The van der Waals surface area contributed by atoms with Gasteiger partial charge in [0.1, 0.15) is 0 Å². The Morgan fingerprint density at radius 1 is 1.15 bits per heavy atom. The first-order valence-corrected chi connectivity index (χ1v) is 6.81. The first kappa shape index (κ1) is 14.5. The number of carbonyl (C=O) groups excluding carboxylic acids is 1. The fraction of sp³-hybridized carbons (Fsp3) is 0.467. The summed E-state index contributed by atoms with van der Waals surface area (Å²) < 4.78 is 0. The number of amides is 1. The SMILES string of the molecule is O=C(O)CC1CCN(C(=O)c2ccc(CO)cc2)CC1. The second kappa shape index (κ2) is 6.52. The van der Waals surface area contributed by atoms with Gasteiger partial charge in [-0.25, -0.2) is 0 Å². The van der Waals surface area contributed by atoms with E-state index in [-0.39, 0.29) is 24.9 Å². The van der Waals surface area contributed by atoms with Crippen molar-refractivity contribution < 1.29 is 19.8 Å². The minimum Gasteiger partial charge on any atom is -0.481 e. The molecule has 0 spiro atoms. The molecule has 1 aromatic carbocycles. The number of carboxylic acids is 1. The molecule has 1 aliphatic heterocycles. The van der Waals surface area contributed by atoms with Crippen LogP contribution in [0.1, 0.15) is 35.2 Å². The van der Waals surface area contributed by atoms with E-state index in [2.05, 4.69) is 0 Å². The maximum atomic E-state index is 12.3. The monoisotopic (exact) mass is 277 g/mol. The van der Waals surface area contributed by atoms with Gasteiger partial charge in [0, 0.05) is 25.1 Å². The van der Waals surface area contributed by atoms with Crippen LogP contribution < -0.4 is 0 Å². The zero-order chi connectivity index (χ0) is 14.5. The molecular formula is C15H19NO4. The van der Waals surface area contributed by atoms with Crippen molar-refractivity contribution in [1.29, 1.82) is 0 Å². The average molecular weight is 277 g/mol. The van der Waals surface area contributed by atoms with Crippen molar-refractivity contribution in [2.24, 2.45) is 5.92 Å². The normalized spacial score (nSPS) is 16.1. The number of carboxylic acid groups (broad SMARTS) is 1. The van der Waals surface area contributed by atoms with Crippen LogP contribution in [-0.2, 0) is 11.4 Å². The summed E-state index contributed by atoms with van der Waals surface area (Å²) in [4.78, 5) is 24.7. The lowest BCUT2D eigenvalue weighted by molar-refractivity contribution is -0.138. The highest BCUT2D eigenvalue weighted by molar-refractivity contribution is 5.94. The molecule has 0 atom stereocenters. The maximum Gasteiger partial charge on any atom is 0.303 e. The van der Waals surface area contributed by atoms with E-state index >= 15 is 0 Å². The first-order valence-electron chi connectivity index (χ1n) is 6.81. The highest BCUT2D eigenvalue weighted by Gasteiger charge is 2.24. The zero-order valence-corrected chi connectivity index (χ0v) is 11.3. The van der Waals surface area contributed by atoms with Crippen LogP contribution in [0.25, 0.3) is 0 Å². The number of aliphatic carboxylic acids is 1. The van der Waals surface area contributed by atoms with Crippen molar-refractivity contribution in [2.75, 3.05) is 13.1 Å². The van der Waals surface area contributed by atoms with Crippen LogP contribution in [0.2, 0.25) is 0 Å². The molecule has 2 N–H and O–H groups in total. The van der Waals surface area contributed by atoms with Gasteiger partial charge < -0.3 is 15.1 Å². The van der Waals surface area contributed by atoms with Crippen molar-refractivity contribution in [3.8, 4) is 0 Å². The van der Waals surface area contributed by atoms with E-state index in [0.717, 1.165) is 18.4 Å². The lowest BCUT2D eigenvalue weighted by Gasteiger charge is -2.31. The third-order valence-electron chi connectivity index (χ3n) is 3.75. The van der Waals surface area contributed by atoms with Crippen molar-refractivity contribution in [1.82, 2.24) is 4.90 Å². The van der Waals surface area contributed by atoms with Crippen LogP contribution >= 0.6 is 0 Å². The van der Waals surface area contributed by atoms with Crippen LogP contribution in [0.3, 0.4) is 0 Å². The Morgan fingerprint density at radius 3 is 2.25 bits per heavy atom. The van der Waals surface area contributed by atoms with Crippen LogP contribution in [0, 0.1) is 5.92 Å². The third kappa shape index (κ3) is 3.57. The molecule has 1 aliphatic rings. The van der Waals surface area contributed by atoms with Gasteiger partial charge in [0.2, 0.25) is 0 Å². The number of carbonyl (C=O) groups is 2. The summed E-state index contributed by atoms with van der Waals surface area (Å²) in [7, 11) is 0. The Hall–Kier alpha value is -1.88. The van der Waals surface area contributed by atoms with Gasteiger partial charge >= 0.3 is 5.97 Å². The molecule has 108 valence electrons. The standard InChI is InChI=1S/C15H19NO4/c17-10-12-1-3-13(4-2-12)15(20)16-7-5-11(6-8-16)9-14(18)19/h1-4,11,17H,5-10H2,(H,18,19). The van der Waals surface area contributed by atoms with Gasteiger partial charge in [-0.05, 0) is 36.5 Å². The molecule has 20 heavy (non-hydrogen) atoms. The van der Waals surface area contributed by atoms with Crippen LogP contribution in [-0.4, -0.2) is 40.1 Å². The molecule has 0 bridgehead atoms. The summed E-state index contributed by atoms with van der Waals surface area (Å²) in [6.07, 6.45) is 1.67. The van der Waals surface area contributed by atoms with Gasteiger partial charge in [0.05, 0.1) is 6.61 Å². The third-order valence-corrected chi connectivity index (χ3v) is 3.75. The van der Waals surface area contributed by atoms with Gasteiger partial charge in [-0.2, -0.15) is 0 Å². The number of benzene rings is 1. The smallest absolute Gasteiger partial charge is 0.303 e. The number of hydrogen-bond acceptors (Lipinski definition) is 3. The molecule has 1 heterocycles. The lowest BCUT2D eigenvalue weighted by atomic mass is 9.93. The minimum atomic E-state index is -0.769. The summed E-state index contributed by atoms with van der Waals surface area (Å²) >= 11 is 0. The number of rotatable bonds is 4. The molecule has 0 radical (unpaired) electrons. The fourth-order valence-corrected chi connectivity index (χ4v) is 2.52. The summed E-state index contributed by atoms with van der Waals surface area (Å²) in [5.74, 6) is -0.619. The summed E-state index contributed by atoms with van der Waals surface area (Å²) in [6, 6.07) is 6.92. The molecule has 0 aliphatic carbocycles. The second-order valence-electron chi connectivity index (χ2n) is 5.19. The number of aliphatic hydroxyl groups is 1. The van der Waals surface area contributed by atoms with Crippen LogP contribution in [0.4, 0.5) is 0 Å². The molecule has 5 heteroatoms. The maximum absolute atomic E-state index is 12.3. The highest BCUT2D eigenvalue weighted by atomic mass is 16.4. The van der Waals surface area contributed by atoms with E-state index in [0.29, 0.717) is 18.7 Å². The topological polar surface area (TPSA) is 77.8 Å². The van der Waals surface area contributed by atoms with Gasteiger partial charge in [0.25, 0.3) is 5.91 Å². The second-order valence-corrected chi connectivity index (χ2v) is 5.19. The van der Waals surface area contributed by atoms with E-state index < -0.39 is 5.97 Å². The largest absolute Gasteiger partial charge is 0.481 e. The van der Waals surface area contributed by atoms with Gasteiger partial charge in [-0.15, -0.1) is 0 Å². The molecule has 1 saturated heterocycles. The number of piperidine rings is 1. The summed E-state index contributed by atoms with van der Waals surface area (Å²) in [5.41, 5.74) is 1.39. The molecule has 1 fully saturated rings. The van der Waals surface area contributed by atoms with E-state index in [1.807, 2.05) is 0 Å². The Balaban J connectivity index is 1.92. The zero-order valence-electron chi connectivity index (χ0n) is 11.3. The predicted molar refractivity (Wildman–Crippen MR) is 73.2 cm³/mol. The minimum absolute atomic E-state index is 0.0248. The first-order chi connectivity index (χ1) is 9.60. The summed E-state index contributed by atoms with van der Waals surface area (Å²) in [5, 5.41) is 17.7. The molecule has 0 unspecified atom stereocenters. The molecule has 0 saturated carbocycles. The Morgan fingerprint density at radius 2 is 1.75 bits per heavy atom. The Kier molecular flexibility index (Phi) is 4.74. The highest BCUT2D eigenvalue weighted by Crippen LogP contribution is 2.22. The molecule has 1 amide bonds. The van der Waals surface area contributed by atoms with E-state index in [4.69, 9.17) is 10.2 Å². The van der Waals surface area contributed by atoms with E-state index in [1.54, 1.807) is 29.2 Å². The van der Waals surface area contributed by atoms with Crippen LogP contribution in [0.5, 0.6) is 0 Å². The average Bonchev–Trinajstić information content (AvgIpc) is 2.47. The quantitative estimate of drug-likeness (QED) is 0.874. The van der Waals surface area contributed by atoms with Crippen molar-refractivity contribution in [2.45, 2.75) is 25.9 Å². The molecular weight excluding hydrogens is 258 g/mol. The number of hydrogen-bond donors (Lipinski definition) is 2.